The predicted octanol–water partition coefficient (Wildman–Crippen LogP) is 5.00. The van der Waals surface area contributed by atoms with Gasteiger partial charge in [0.15, 0.2) is 6.29 Å². The first kappa shape index (κ1) is 20.6. The number of allylic oxidation sites excluding steroid dienone is 1. The average molecular weight is 338 g/mol. The van der Waals surface area contributed by atoms with E-state index in [9.17, 15) is 4.79 Å². The summed E-state index contributed by atoms with van der Waals surface area (Å²) >= 11 is 0. The molecule has 0 atom stereocenters. The third-order valence-electron chi connectivity index (χ3n) is 3.35. The Bertz CT molecular complexity index is 641. The van der Waals surface area contributed by atoms with Gasteiger partial charge in [-0.05, 0) is 25.0 Å². The van der Waals surface area contributed by atoms with Gasteiger partial charge in [-0.1, -0.05) is 73.8 Å². The summed E-state index contributed by atoms with van der Waals surface area (Å²) in [5.41, 5.74) is 3.35. The molecule has 0 radical (unpaired) electrons. The number of rotatable bonds is 8. The standard InChI is InChI=1S/C13H18O2.C9H8O/c1-4-14-13(15-5-2)11(3)12-9-7-6-8-10-12;1-8(7-10)9-5-3-2-4-6-9/h6-10,13H,3-5H2,1-2H3;2-7H,1H2. The Balaban J connectivity index is 0.000000271. The molecule has 0 spiro atoms. The van der Waals surface area contributed by atoms with Crippen LogP contribution in [0.15, 0.2) is 73.8 Å². The van der Waals surface area contributed by atoms with E-state index in [1.165, 1.54) is 0 Å². The molecular formula is C22H26O3. The summed E-state index contributed by atoms with van der Waals surface area (Å²) < 4.78 is 11.0. The Hall–Kier alpha value is -2.49. The molecule has 0 aliphatic carbocycles. The van der Waals surface area contributed by atoms with E-state index in [2.05, 4.69) is 13.2 Å². The molecule has 0 amide bonds. The molecule has 0 fully saturated rings. The van der Waals surface area contributed by atoms with Crippen molar-refractivity contribution in [1.29, 1.82) is 0 Å². The van der Waals surface area contributed by atoms with E-state index in [-0.39, 0.29) is 6.29 Å². The third kappa shape index (κ3) is 7.29. The summed E-state index contributed by atoms with van der Waals surface area (Å²) in [7, 11) is 0. The van der Waals surface area contributed by atoms with E-state index in [4.69, 9.17) is 9.47 Å². The average Bonchev–Trinajstić information content (AvgIpc) is 2.68. The van der Waals surface area contributed by atoms with Crippen molar-refractivity contribution < 1.29 is 14.3 Å². The van der Waals surface area contributed by atoms with Crippen LogP contribution in [0.2, 0.25) is 0 Å². The lowest BCUT2D eigenvalue weighted by molar-refractivity contribution is -0.103. The molecule has 0 bridgehead atoms. The summed E-state index contributed by atoms with van der Waals surface area (Å²) in [5.74, 6) is 0. The zero-order valence-corrected chi connectivity index (χ0v) is 15.0. The number of carbonyl (C=O) groups is 1. The summed E-state index contributed by atoms with van der Waals surface area (Å²) in [5, 5.41) is 0. The van der Waals surface area contributed by atoms with Gasteiger partial charge in [0.1, 0.15) is 6.29 Å². The molecule has 0 aromatic heterocycles. The van der Waals surface area contributed by atoms with Crippen LogP contribution >= 0.6 is 0 Å². The second-order valence-corrected chi connectivity index (χ2v) is 5.14. The Kier molecular flexibility index (Phi) is 9.83. The van der Waals surface area contributed by atoms with Gasteiger partial charge in [-0.25, -0.2) is 0 Å². The second-order valence-electron chi connectivity index (χ2n) is 5.14. The van der Waals surface area contributed by atoms with Crippen LogP contribution in [-0.2, 0) is 14.3 Å². The number of aldehydes is 1. The van der Waals surface area contributed by atoms with Crippen LogP contribution in [0.5, 0.6) is 0 Å². The van der Waals surface area contributed by atoms with Crippen LogP contribution in [0.3, 0.4) is 0 Å². The van der Waals surface area contributed by atoms with Gasteiger partial charge in [0.25, 0.3) is 0 Å². The molecule has 0 saturated heterocycles. The van der Waals surface area contributed by atoms with Gasteiger partial charge in [-0.15, -0.1) is 0 Å². The Morgan fingerprint density at radius 2 is 1.32 bits per heavy atom. The zero-order chi connectivity index (χ0) is 18.5. The van der Waals surface area contributed by atoms with Gasteiger partial charge < -0.3 is 9.47 Å². The molecule has 132 valence electrons. The molecule has 3 nitrogen and oxygen atoms in total. The van der Waals surface area contributed by atoms with Crippen molar-refractivity contribution in [3.8, 4) is 0 Å². The molecule has 0 N–H and O–H groups in total. The SMILES string of the molecule is C=C(C=O)c1ccccc1.C=C(c1ccccc1)C(OCC)OCC. The van der Waals surface area contributed by atoms with E-state index in [1.807, 2.05) is 74.5 Å². The Morgan fingerprint density at radius 3 is 1.72 bits per heavy atom. The van der Waals surface area contributed by atoms with Crippen LogP contribution in [0.4, 0.5) is 0 Å². The topological polar surface area (TPSA) is 35.5 Å². The lowest BCUT2D eigenvalue weighted by atomic mass is 10.1. The second kappa shape index (κ2) is 12.0. The summed E-state index contributed by atoms with van der Waals surface area (Å²) in [6.45, 7) is 12.7. The molecule has 0 aliphatic rings. The Labute approximate surface area is 150 Å². The summed E-state index contributed by atoms with van der Waals surface area (Å²) in [6.07, 6.45) is 0.428. The van der Waals surface area contributed by atoms with E-state index < -0.39 is 0 Å². The largest absolute Gasteiger partial charge is 0.349 e. The van der Waals surface area contributed by atoms with Crippen LogP contribution in [0, 0.1) is 0 Å². The van der Waals surface area contributed by atoms with Gasteiger partial charge in [0.05, 0.1) is 0 Å². The maximum absolute atomic E-state index is 10.2. The summed E-state index contributed by atoms with van der Waals surface area (Å²) in [4.78, 5) is 10.2. The highest BCUT2D eigenvalue weighted by atomic mass is 16.7. The fourth-order valence-corrected chi connectivity index (χ4v) is 2.06. The van der Waals surface area contributed by atoms with Crippen molar-refractivity contribution >= 4 is 17.4 Å². The molecule has 2 aromatic rings. The van der Waals surface area contributed by atoms with Crippen LogP contribution in [0.25, 0.3) is 11.1 Å². The number of ether oxygens (including phenoxy) is 2. The van der Waals surface area contributed by atoms with Crippen molar-refractivity contribution in [2.75, 3.05) is 13.2 Å². The van der Waals surface area contributed by atoms with Crippen LogP contribution in [-0.4, -0.2) is 25.8 Å². The van der Waals surface area contributed by atoms with Crippen molar-refractivity contribution in [2.24, 2.45) is 0 Å². The quantitative estimate of drug-likeness (QED) is 0.386. The fourth-order valence-electron chi connectivity index (χ4n) is 2.06. The normalized spacial score (nSPS) is 9.88. The molecular weight excluding hydrogens is 312 g/mol. The minimum Gasteiger partial charge on any atom is -0.349 e. The van der Waals surface area contributed by atoms with Crippen LogP contribution in [0.1, 0.15) is 25.0 Å². The third-order valence-corrected chi connectivity index (χ3v) is 3.35. The molecule has 0 aliphatic heterocycles. The van der Waals surface area contributed by atoms with Crippen molar-refractivity contribution in [3.05, 3.63) is 84.9 Å². The number of hydrogen-bond acceptors (Lipinski definition) is 3. The van der Waals surface area contributed by atoms with Gasteiger partial charge in [0, 0.05) is 24.4 Å². The van der Waals surface area contributed by atoms with E-state index in [0.29, 0.717) is 18.8 Å². The molecule has 25 heavy (non-hydrogen) atoms. The Morgan fingerprint density at radius 1 is 0.880 bits per heavy atom. The maximum atomic E-state index is 10.2. The maximum Gasteiger partial charge on any atom is 0.183 e. The fraction of sp³-hybridized carbons (Fsp3) is 0.227. The molecule has 2 aromatic carbocycles. The monoisotopic (exact) mass is 338 g/mol. The highest BCUT2D eigenvalue weighted by molar-refractivity contribution is 6.05. The van der Waals surface area contributed by atoms with Gasteiger partial charge in [-0.2, -0.15) is 0 Å². The number of carbonyl (C=O) groups excluding carboxylic acids is 1. The van der Waals surface area contributed by atoms with Crippen molar-refractivity contribution in [3.63, 3.8) is 0 Å². The van der Waals surface area contributed by atoms with Crippen molar-refractivity contribution in [1.82, 2.24) is 0 Å². The van der Waals surface area contributed by atoms with Crippen LogP contribution < -0.4 is 0 Å². The lowest BCUT2D eigenvalue weighted by Crippen LogP contribution is -2.18. The first-order valence-electron chi connectivity index (χ1n) is 8.30. The highest BCUT2D eigenvalue weighted by Crippen LogP contribution is 2.19. The molecule has 0 unspecified atom stereocenters. The van der Waals surface area contributed by atoms with Crippen molar-refractivity contribution in [2.45, 2.75) is 20.1 Å². The van der Waals surface area contributed by atoms with Gasteiger partial charge in [-0.3, -0.25) is 4.79 Å². The molecule has 0 heterocycles. The molecule has 3 heteroatoms. The predicted molar refractivity (Wildman–Crippen MR) is 104 cm³/mol. The minimum absolute atomic E-state index is 0.331. The highest BCUT2D eigenvalue weighted by Gasteiger charge is 2.13. The number of hydrogen-bond donors (Lipinski definition) is 0. The first-order chi connectivity index (χ1) is 12.1. The van der Waals surface area contributed by atoms with Gasteiger partial charge >= 0.3 is 0 Å². The zero-order valence-electron chi connectivity index (χ0n) is 15.0. The first-order valence-corrected chi connectivity index (χ1v) is 8.30. The lowest BCUT2D eigenvalue weighted by Gasteiger charge is -2.19. The van der Waals surface area contributed by atoms with E-state index in [1.54, 1.807) is 0 Å². The molecule has 0 saturated carbocycles. The smallest absolute Gasteiger partial charge is 0.183 e. The van der Waals surface area contributed by atoms with Gasteiger partial charge in [0.2, 0.25) is 0 Å². The summed E-state index contributed by atoms with van der Waals surface area (Å²) in [6, 6.07) is 19.3. The minimum atomic E-state index is -0.331. The number of benzene rings is 2. The molecule has 2 rings (SSSR count). The van der Waals surface area contributed by atoms with E-state index in [0.717, 1.165) is 23.0 Å². The van der Waals surface area contributed by atoms with E-state index >= 15 is 0 Å².